The molecule has 0 radical (unpaired) electrons. The minimum absolute atomic E-state index is 0.883. The topological polar surface area (TPSA) is 21.3 Å². The number of fused-ring (bicyclic) bond motifs is 7. The molecule has 0 saturated heterocycles. The summed E-state index contributed by atoms with van der Waals surface area (Å²) in [5, 5.41) is 7.29. The summed E-state index contributed by atoms with van der Waals surface area (Å²) in [5.74, 6) is 0. The molecule has 0 spiro atoms. The van der Waals surface area contributed by atoms with E-state index in [9.17, 15) is 0 Å². The highest BCUT2D eigenvalue weighted by molar-refractivity contribution is 6.13. The Bertz CT molecular complexity index is 2450. The third-order valence-electron chi connectivity index (χ3n) is 8.54. The molecule has 0 saturated carbocycles. The number of anilines is 3. The molecule has 202 valence electrons. The molecule has 2 aromatic heterocycles. The zero-order chi connectivity index (χ0) is 28.3. The highest BCUT2D eigenvalue weighted by atomic mass is 16.3. The highest BCUT2D eigenvalue weighted by Gasteiger charge is 2.17. The Hall–Kier alpha value is -5.80. The second-order valence-corrected chi connectivity index (χ2v) is 11.0. The van der Waals surface area contributed by atoms with Crippen molar-refractivity contribution in [3.63, 3.8) is 0 Å². The molecule has 0 fully saturated rings. The maximum absolute atomic E-state index is 6.27. The van der Waals surface area contributed by atoms with E-state index in [2.05, 4.69) is 155 Å². The molecule has 9 rings (SSSR count). The molecule has 2 heterocycles. The third-order valence-corrected chi connectivity index (χ3v) is 8.54. The zero-order valence-corrected chi connectivity index (χ0v) is 23.3. The number of hydrogen-bond acceptors (Lipinski definition) is 2. The molecule has 9 aromatic rings. The van der Waals surface area contributed by atoms with E-state index in [1.807, 2.05) is 12.1 Å². The molecule has 0 aliphatic heterocycles. The van der Waals surface area contributed by atoms with Crippen molar-refractivity contribution in [2.45, 2.75) is 0 Å². The van der Waals surface area contributed by atoms with Crippen LogP contribution in [0.5, 0.6) is 0 Å². The maximum atomic E-state index is 6.27. The number of nitrogens with zero attached hydrogens (tertiary/aromatic N) is 2. The lowest BCUT2D eigenvalue weighted by atomic mass is 10.1. The highest BCUT2D eigenvalue weighted by Crippen LogP contribution is 2.40. The van der Waals surface area contributed by atoms with Gasteiger partial charge in [-0.3, -0.25) is 0 Å². The lowest BCUT2D eigenvalue weighted by molar-refractivity contribution is 0.669. The van der Waals surface area contributed by atoms with Crippen LogP contribution in [0.25, 0.3) is 60.2 Å². The summed E-state index contributed by atoms with van der Waals surface area (Å²) in [6, 6.07) is 56.0. The smallest absolute Gasteiger partial charge is 0.137 e. The van der Waals surface area contributed by atoms with Crippen molar-refractivity contribution in [1.82, 2.24) is 4.57 Å². The normalized spacial score (nSPS) is 11.7. The second-order valence-electron chi connectivity index (χ2n) is 11.0. The van der Waals surface area contributed by atoms with Crippen LogP contribution in [0.2, 0.25) is 0 Å². The molecule has 3 nitrogen and oxygen atoms in total. The summed E-state index contributed by atoms with van der Waals surface area (Å²) >= 11 is 0. The van der Waals surface area contributed by atoms with Crippen LogP contribution in [0, 0.1) is 0 Å². The standard InChI is InChI=1S/C40H26N2O/c1-2-12-29(13-3-1)41(32-22-23-35-34-15-7-9-17-39(34)43-40(35)26-32)30-18-20-31(21-19-30)42-37-16-8-6-14-33(37)36-24-27-10-4-5-11-28(27)25-38(36)42/h1-26H. The molecule has 0 bridgehead atoms. The van der Waals surface area contributed by atoms with Gasteiger partial charge in [-0.25, -0.2) is 0 Å². The SMILES string of the molecule is c1ccc(N(c2ccc(-n3c4ccccc4c4cc5ccccc5cc43)cc2)c2ccc3c(c2)oc2ccccc23)cc1. The van der Waals surface area contributed by atoms with Gasteiger partial charge in [-0.15, -0.1) is 0 Å². The quantitative estimate of drug-likeness (QED) is 0.217. The molecule has 7 aromatic carbocycles. The van der Waals surface area contributed by atoms with Gasteiger partial charge < -0.3 is 13.9 Å². The molecular formula is C40H26N2O. The van der Waals surface area contributed by atoms with E-state index < -0.39 is 0 Å². The molecule has 3 heteroatoms. The van der Waals surface area contributed by atoms with Gasteiger partial charge in [-0.2, -0.15) is 0 Å². The average Bonchev–Trinajstić information content (AvgIpc) is 3.59. The first kappa shape index (κ1) is 23.9. The summed E-state index contributed by atoms with van der Waals surface area (Å²) < 4.78 is 8.65. The minimum atomic E-state index is 0.883. The second kappa shape index (κ2) is 9.37. The van der Waals surface area contributed by atoms with Crippen molar-refractivity contribution in [2.75, 3.05) is 4.90 Å². The Morgan fingerprint density at radius 3 is 1.86 bits per heavy atom. The van der Waals surface area contributed by atoms with Crippen LogP contribution in [0.15, 0.2) is 162 Å². The Labute approximate surface area is 248 Å². The molecular weight excluding hydrogens is 524 g/mol. The number of benzene rings is 7. The van der Waals surface area contributed by atoms with Crippen molar-refractivity contribution in [3.8, 4) is 5.69 Å². The summed E-state index contributed by atoms with van der Waals surface area (Å²) in [7, 11) is 0. The van der Waals surface area contributed by atoms with Gasteiger partial charge in [0.2, 0.25) is 0 Å². The zero-order valence-electron chi connectivity index (χ0n) is 23.3. The van der Waals surface area contributed by atoms with E-state index in [0.29, 0.717) is 0 Å². The summed E-state index contributed by atoms with van der Waals surface area (Å²) in [4.78, 5) is 2.29. The summed E-state index contributed by atoms with van der Waals surface area (Å²) in [5.41, 5.74) is 8.56. The number of para-hydroxylation sites is 3. The van der Waals surface area contributed by atoms with Crippen molar-refractivity contribution >= 4 is 71.6 Å². The van der Waals surface area contributed by atoms with Crippen molar-refractivity contribution < 1.29 is 4.42 Å². The fourth-order valence-corrected chi connectivity index (χ4v) is 6.56. The molecule has 0 N–H and O–H groups in total. The molecule has 0 aliphatic carbocycles. The van der Waals surface area contributed by atoms with Gasteiger partial charge >= 0.3 is 0 Å². The van der Waals surface area contributed by atoms with Crippen LogP contribution in [0.3, 0.4) is 0 Å². The first-order valence-electron chi connectivity index (χ1n) is 14.6. The summed E-state index contributed by atoms with van der Waals surface area (Å²) in [6.07, 6.45) is 0. The van der Waals surface area contributed by atoms with E-state index in [-0.39, 0.29) is 0 Å². The fraction of sp³-hybridized carbons (Fsp3) is 0. The van der Waals surface area contributed by atoms with Gasteiger partial charge in [-0.1, -0.05) is 78.9 Å². The predicted octanol–water partition coefficient (Wildman–Crippen LogP) is 11.3. The lowest BCUT2D eigenvalue weighted by Crippen LogP contribution is -2.09. The van der Waals surface area contributed by atoms with Gasteiger partial charge in [-0.05, 0) is 83.6 Å². The molecule has 0 unspecified atom stereocenters. The van der Waals surface area contributed by atoms with Gasteiger partial charge in [0.25, 0.3) is 0 Å². The minimum Gasteiger partial charge on any atom is -0.456 e. The van der Waals surface area contributed by atoms with Crippen LogP contribution in [-0.4, -0.2) is 4.57 Å². The van der Waals surface area contributed by atoms with Crippen LogP contribution in [0.4, 0.5) is 17.1 Å². The van der Waals surface area contributed by atoms with Crippen LogP contribution < -0.4 is 4.90 Å². The van der Waals surface area contributed by atoms with E-state index >= 15 is 0 Å². The van der Waals surface area contributed by atoms with Crippen LogP contribution in [0.1, 0.15) is 0 Å². The van der Waals surface area contributed by atoms with E-state index in [1.54, 1.807) is 0 Å². The van der Waals surface area contributed by atoms with Gasteiger partial charge in [0.15, 0.2) is 0 Å². The lowest BCUT2D eigenvalue weighted by Gasteiger charge is -2.25. The molecule has 0 atom stereocenters. The molecule has 0 aliphatic rings. The average molecular weight is 551 g/mol. The Balaban J connectivity index is 1.21. The first-order valence-corrected chi connectivity index (χ1v) is 14.6. The third kappa shape index (κ3) is 3.75. The van der Waals surface area contributed by atoms with Crippen molar-refractivity contribution in [3.05, 3.63) is 158 Å². The van der Waals surface area contributed by atoms with E-state index in [4.69, 9.17) is 4.42 Å². The van der Waals surface area contributed by atoms with Gasteiger partial charge in [0.05, 0.1) is 11.0 Å². The Kier molecular flexibility index (Phi) is 5.20. The van der Waals surface area contributed by atoms with Crippen LogP contribution >= 0.6 is 0 Å². The molecule has 0 amide bonds. The number of rotatable bonds is 4. The first-order chi connectivity index (χ1) is 21.3. The Morgan fingerprint density at radius 1 is 0.395 bits per heavy atom. The number of furan rings is 1. The predicted molar refractivity (Wildman–Crippen MR) is 180 cm³/mol. The molecule has 43 heavy (non-hydrogen) atoms. The number of aromatic nitrogens is 1. The largest absolute Gasteiger partial charge is 0.456 e. The van der Waals surface area contributed by atoms with Gasteiger partial charge in [0, 0.05) is 50.4 Å². The van der Waals surface area contributed by atoms with E-state index in [1.165, 1.54) is 32.6 Å². The number of hydrogen-bond donors (Lipinski definition) is 0. The summed E-state index contributed by atoms with van der Waals surface area (Å²) in [6.45, 7) is 0. The van der Waals surface area contributed by atoms with Gasteiger partial charge in [0.1, 0.15) is 11.2 Å². The Morgan fingerprint density at radius 2 is 1.02 bits per heavy atom. The monoisotopic (exact) mass is 550 g/mol. The fourth-order valence-electron chi connectivity index (χ4n) is 6.56. The van der Waals surface area contributed by atoms with Crippen molar-refractivity contribution in [1.29, 1.82) is 0 Å². The van der Waals surface area contributed by atoms with Crippen LogP contribution in [-0.2, 0) is 0 Å². The maximum Gasteiger partial charge on any atom is 0.137 e. The van der Waals surface area contributed by atoms with E-state index in [0.717, 1.165) is 44.7 Å². The van der Waals surface area contributed by atoms with Crippen molar-refractivity contribution in [2.24, 2.45) is 0 Å².